The van der Waals surface area contributed by atoms with Crippen molar-refractivity contribution >= 4 is 49.7 Å². The molecule has 0 fully saturated rings. The second kappa shape index (κ2) is 13.3. The first-order valence-electron chi connectivity index (χ1n) is 24.1. The summed E-state index contributed by atoms with van der Waals surface area (Å²) in [5.74, 6) is 0.475. The van der Waals surface area contributed by atoms with E-state index in [4.69, 9.17) is 0 Å². The Bertz CT molecular complexity index is 3490. The number of hydrogen-bond donors (Lipinski definition) is 0. The zero-order valence-corrected chi connectivity index (χ0v) is 38.2. The minimum absolute atomic E-state index is 0.0634. The highest BCUT2D eigenvalue weighted by Crippen LogP contribution is 2.56. The maximum Gasteiger partial charge on any atom is 0.175 e. The van der Waals surface area contributed by atoms with Crippen molar-refractivity contribution in [1.29, 1.82) is 0 Å². The molecule has 0 saturated carbocycles. The average molecular weight is 852 g/mol. The van der Waals surface area contributed by atoms with Crippen LogP contribution >= 0.6 is 0 Å². The molecule has 2 aromatic heterocycles. The molecule has 0 atom stereocenters. The topological polar surface area (TPSA) is 38.5 Å². The summed E-state index contributed by atoms with van der Waals surface area (Å²) in [4.78, 5) is 30.7. The molecular weight excluding hydrogens is 803 g/mol. The van der Waals surface area contributed by atoms with Crippen molar-refractivity contribution in [3.8, 4) is 11.1 Å². The molecule has 0 unspecified atom stereocenters. The fourth-order valence-corrected chi connectivity index (χ4v) is 13.4. The van der Waals surface area contributed by atoms with Crippen LogP contribution in [0.3, 0.4) is 0 Å². The van der Waals surface area contributed by atoms with Gasteiger partial charge in [0.25, 0.3) is 0 Å². The van der Waals surface area contributed by atoms with Gasteiger partial charge in [0.05, 0.1) is 28.4 Å². The Kier molecular flexibility index (Phi) is 7.67. The van der Waals surface area contributed by atoms with Crippen molar-refractivity contribution in [2.75, 3.05) is 0 Å². The number of benzene rings is 8. The molecule has 6 aliphatic rings. The van der Waals surface area contributed by atoms with E-state index < -0.39 is 0 Å². The van der Waals surface area contributed by atoms with Crippen molar-refractivity contribution < 1.29 is 9.59 Å². The quantitative estimate of drug-likeness (QED) is 0.177. The van der Waals surface area contributed by atoms with Gasteiger partial charge in [0.2, 0.25) is 0 Å². The van der Waals surface area contributed by atoms with E-state index in [9.17, 15) is 0 Å². The number of ketones is 2. The maximum atomic E-state index is 15.4. The van der Waals surface area contributed by atoms with Crippen LogP contribution in [0.4, 0.5) is 0 Å². The van der Waals surface area contributed by atoms with Gasteiger partial charge < -0.3 is 4.40 Å². The Labute approximate surface area is 385 Å². The standard InChI is InChI=1S/C63H49NO2/c1-31(2)34-23-44(32(3)4)56(45(24-34)33(5)6)35-25-50-46-27-48-52(62(65)59-40-19-11-7-15-36(40)57(48)37-16-8-12-20-41(37)59)29-54(46)64-55-30-53-49(28-47(55)51(26-35)61(50)64)58-38-17-9-13-21-42(38)60(63(53)66)43-22-14-10-18-39(43)58/h7-33,57-60H,1-6H3. The molecule has 16 rings (SSSR count). The molecule has 6 aliphatic carbocycles. The van der Waals surface area contributed by atoms with Crippen molar-refractivity contribution in [2.24, 2.45) is 0 Å². The lowest BCUT2D eigenvalue weighted by molar-refractivity contribution is 0.0966. The molecule has 66 heavy (non-hydrogen) atoms. The second-order valence-electron chi connectivity index (χ2n) is 20.7. The molecule has 3 heteroatoms. The van der Waals surface area contributed by atoms with E-state index in [0.29, 0.717) is 17.8 Å². The van der Waals surface area contributed by atoms with Crippen molar-refractivity contribution in [3.63, 3.8) is 0 Å². The Morgan fingerprint density at radius 1 is 0.379 bits per heavy atom. The monoisotopic (exact) mass is 851 g/mol. The van der Waals surface area contributed by atoms with Gasteiger partial charge in [-0.15, -0.1) is 0 Å². The molecule has 10 aromatic rings. The molecule has 8 aromatic carbocycles. The number of fused-ring (bicyclic) bond motifs is 6. The smallest absolute Gasteiger partial charge is 0.175 e. The number of hydrogen-bond acceptors (Lipinski definition) is 2. The Balaban J connectivity index is 1.14. The van der Waals surface area contributed by atoms with Crippen molar-refractivity contribution in [1.82, 2.24) is 4.40 Å². The summed E-state index contributed by atoms with van der Waals surface area (Å²) in [6, 6.07) is 53.5. The molecule has 0 N–H and O–H groups in total. The predicted octanol–water partition coefficient (Wildman–Crippen LogP) is 15.5. The minimum Gasteiger partial charge on any atom is -0.308 e. The fourth-order valence-electron chi connectivity index (χ4n) is 13.4. The number of carbonyl (C=O) groups is 2. The van der Waals surface area contributed by atoms with E-state index in [1.807, 2.05) is 0 Å². The summed E-state index contributed by atoms with van der Waals surface area (Å²) in [6.45, 7) is 13.9. The molecule has 318 valence electrons. The van der Waals surface area contributed by atoms with E-state index in [1.54, 1.807) is 0 Å². The Morgan fingerprint density at radius 3 is 1.06 bits per heavy atom. The van der Waals surface area contributed by atoms with Gasteiger partial charge in [0.1, 0.15) is 0 Å². The lowest BCUT2D eigenvalue weighted by Crippen LogP contribution is -2.19. The molecular formula is C63H49NO2. The van der Waals surface area contributed by atoms with E-state index in [0.717, 1.165) is 71.8 Å². The molecule has 0 spiro atoms. The summed E-state index contributed by atoms with van der Waals surface area (Å²) in [5, 5.41) is 4.64. The number of rotatable bonds is 4. The lowest BCUT2D eigenvalue weighted by Gasteiger charge is -2.30. The SMILES string of the molecule is CC(C)c1cc(C(C)C)c(-c2cc3c4cc5c(cc4n4c6cc7c(cc6c(c2)c34)C2c3ccccc3C(C7=O)c3ccccc32)C(=O)C2c3ccccc3C5c3ccccc32)c(C(C)C)c1. The maximum absolute atomic E-state index is 15.4. The summed E-state index contributed by atoms with van der Waals surface area (Å²) in [5.41, 5.74) is 23.0. The Morgan fingerprint density at radius 2 is 0.727 bits per heavy atom. The van der Waals surface area contributed by atoms with Crippen LogP contribution in [-0.4, -0.2) is 16.0 Å². The first-order chi connectivity index (χ1) is 32.1. The van der Waals surface area contributed by atoms with Gasteiger partial charge in [0.15, 0.2) is 11.6 Å². The average Bonchev–Trinajstić information content (AvgIpc) is 3.68. The highest BCUT2D eigenvalue weighted by Gasteiger charge is 2.45. The highest BCUT2D eigenvalue weighted by atomic mass is 16.1. The van der Waals surface area contributed by atoms with Gasteiger partial charge in [-0.05, 0) is 138 Å². The van der Waals surface area contributed by atoms with Crippen LogP contribution in [0.25, 0.3) is 49.2 Å². The third-order valence-corrected chi connectivity index (χ3v) is 16.3. The summed E-state index contributed by atoms with van der Waals surface area (Å²) in [7, 11) is 0. The summed E-state index contributed by atoms with van der Waals surface area (Å²) < 4.78 is 2.41. The Hall–Kier alpha value is -7.10. The predicted molar refractivity (Wildman–Crippen MR) is 269 cm³/mol. The van der Waals surface area contributed by atoms with Gasteiger partial charge in [-0.2, -0.15) is 0 Å². The van der Waals surface area contributed by atoms with Crippen LogP contribution in [-0.2, 0) is 0 Å². The zero-order valence-electron chi connectivity index (χ0n) is 38.2. The zero-order chi connectivity index (χ0) is 44.6. The largest absolute Gasteiger partial charge is 0.308 e. The summed E-state index contributed by atoms with van der Waals surface area (Å²) in [6.07, 6.45) is 0. The second-order valence-corrected chi connectivity index (χ2v) is 20.7. The van der Waals surface area contributed by atoms with Crippen LogP contribution in [0.2, 0.25) is 0 Å². The molecule has 2 heterocycles. The summed E-state index contributed by atoms with van der Waals surface area (Å²) >= 11 is 0. The minimum atomic E-state index is -0.366. The van der Waals surface area contributed by atoms with Crippen LogP contribution in [0.15, 0.2) is 146 Å². The molecule has 0 aliphatic heterocycles. The van der Waals surface area contributed by atoms with Gasteiger partial charge in [-0.1, -0.05) is 151 Å². The first kappa shape index (κ1) is 38.2. The van der Waals surface area contributed by atoms with E-state index in [1.165, 1.54) is 60.8 Å². The van der Waals surface area contributed by atoms with E-state index in [2.05, 4.69) is 192 Å². The van der Waals surface area contributed by atoms with Crippen LogP contribution in [0.1, 0.15) is 176 Å². The molecule has 0 amide bonds. The fraction of sp³-hybridized carbons (Fsp3) is 0.206. The van der Waals surface area contributed by atoms with Gasteiger partial charge >= 0.3 is 0 Å². The van der Waals surface area contributed by atoms with Gasteiger partial charge in [-0.3, -0.25) is 9.59 Å². The normalized spacial score (nSPS) is 18.9. The third-order valence-electron chi connectivity index (χ3n) is 16.3. The number of carbonyl (C=O) groups excluding carboxylic acids is 2. The molecule has 3 nitrogen and oxygen atoms in total. The number of nitrogens with zero attached hydrogens (tertiary/aromatic N) is 1. The highest BCUT2D eigenvalue weighted by molar-refractivity contribution is 6.26. The number of Topliss-reactive ketones (excluding diaryl/α,β-unsaturated/α-hetero) is 2. The molecule has 4 bridgehead atoms. The van der Waals surface area contributed by atoms with Crippen LogP contribution in [0, 0.1) is 0 Å². The third kappa shape index (κ3) is 4.78. The van der Waals surface area contributed by atoms with Crippen LogP contribution in [0.5, 0.6) is 0 Å². The number of aromatic nitrogens is 1. The lowest BCUT2D eigenvalue weighted by atomic mass is 9.72. The van der Waals surface area contributed by atoms with Gasteiger partial charge in [-0.25, -0.2) is 0 Å². The van der Waals surface area contributed by atoms with E-state index in [-0.39, 0.29) is 35.2 Å². The van der Waals surface area contributed by atoms with Gasteiger partial charge in [0, 0.05) is 44.5 Å². The van der Waals surface area contributed by atoms with Crippen molar-refractivity contribution in [2.45, 2.75) is 83.0 Å². The van der Waals surface area contributed by atoms with E-state index >= 15 is 9.59 Å². The molecule has 0 saturated heterocycles. The first-order valence-corrected chi connectivity index (χ1v) is 24.1. The molecule has 0 radical (unpaired) electrons. The van der Waals surface area contributed by atoms with Crippen molar-refractivity contribution in [3.05, 3.63) is 229 Å². The van der Waals surface area contributed by atoms with Crippen LogP contribution < -0.4 is 0 Å².